The predicted octanol–water partition coefficient (Wildman–Crippen LogP) is 1.84. The van der Waals surface area contributed by atoms with E-state index in [1.54, 1.807) is 37.1 Å². The Morgan fingerprint density at radius 2 is 2.06 bits per heavy atom. The summed E-state index contributed by atoms with van der Waals surface area (Å²) in [5, 5.41) is 0. The van der Waals surface area contributed by atoms with E-state index in [1.165, 1.54) is 6.92 Å². The van der Waals surface area contributed by atoms with E-state index in [0.717, 1.165) is 5.56 Å². The third kappa shape index (κ3) is 3.90. The largest absolute Gasteiger partial charge is 0.462 e. The molecule has 0 heterocycles. The third-order valence-electron chi connectivity index (χ3n) is 2.40. The van der Waals surface area contributed by atoms with E-state index in [9.17, 15) is 9.59 Å². The summed E-state index contributed by atoms with van der Waals surface area (Å²) in [7, 11) is 1.72. The minimum Gasteiger partial charge on any atom is -0.462 e. The standard InChI is InChI=1S/C13H17NO3/c1-4-17-13(16)12-7-5-6-11(8-12)9-14(3)10(2)15/h5-8H,4,9H2,1-3H3. The van der Waals surface area contributed by atoms with Crippen molar-refractivity contribution in [2.75, 3.05) is 13.7 Å². The Hall–Kier alpha value is -1.84. The van der Waals surface area contributed by atoms with Gasteiger partial charge in [0.1, 0.15) is 0 Å². The molecule has 0 bridgehead atoms. The summed E-state index contributed by atoms with van der Waals surface area (Å²) in [6.45, 7) is 4.12. The van der Waals surface area contributed by atoms with Crippen molar-refractivity contribution in [3.63, 3.8) is 0 Å². The number of carbonyl (C=O) groups is 2. The van der Waals surface area contributed by atoms with Crippen LogP contribution in [0.3, 0.4) is 0 Å². The number of hydrogen-bond donors (Lipinski definition) is 0. The fraction of sp³-hybridized carbons (Fsp3) is 0.385. The first-order chi connectivity index (χ1) is 8.04. The highest BCUT2D eigenvalue weighted by atomic mass is 16.5. The minimum atomic E-state index is -0.333. The molecule has 0 aliphatic heterocycles. The highest BCUT2D eigenvalue weighted by Gasteiger charge is 2.08. The van der Waals surface area contributed by atoms with E-state index >= 15 is 0 Å². The molecule has 0 aromatic heterocycles. The van der Waals surface area contributed by atoms with E-state index < -0.39 is 0 Å². The van der Waals surface area contributed by atoms with Gasteiger partial charge in [-0.05, 0) is 24.6 Å². The van der Waals surface area contributed by atoms with Gasteiger partial charge < -0.3 is 9.64 Å². The summed E-state index contributed by atoms with van der Waals surface area (Å²) in [4.78, 5) is 24.2. The zero-order valence-corrected chi connectivity index (χ0v) is 10.4. The van der Waals surface area contributed by atoms with Crippen LogP contribution in [0.4, 0.5) is 0 Å². The molecule has 0 fully saturated rings. The van der Waals surface area contributed by atoms with Crippen LogP contribution in [0, 0.1) is 0 Å². The van der Waals surface area contributed by atoms with Crippen molar-refractivity contribution < 1.29 is 14.3 Å². The van der Waals surface area contributed by atoms with E-state index in [0.29, 0.717) is 18.7 Å². The van der Waals surface area contributed by atoms with Crippen LogP contribution < -0.4 is 0 Å². The van der Waals surface area contributed by atoms with E-state index in [4.69, 9.17) is 4.74 Å². The minimum absolute atomic E-state index is 0.00784. The molecule has 0 radical (unpaired) electrons. The van der Waals surface area contributed by atoms with Gasteiger partial charge >= 0.3 is 5.97 Å². The van der Waals surface area contributed by atoms with Crippen molar-refractivity contribution in [3.8, 4) is 0 Å². The lowest BCUT2D eigenvalue weighted by atomic mass is 10.1. The van der Waals surface area contributed by atoms with Crippen molar-refractivity contribution in [1.29, 1.82) is 0 Å². The number of amides is 1. The van der Waals surface area contributed by atoms with Crippen LogP contribution >= 0.6 is 0 Å². The van der Waals surface area contributed by atoms with Crippen LogP contribution in [0.5, 0.6) is 0 Å². The smallest absolute Gasteiger partial charge is 0.338 e. The molecule has 0 saturated carbocycles. The Balaban J connectivity index is 2.79. The Kier molecular flexibility index (Phi) is 4.69. The molecule has 4 nitrogen and oxygen atoms in total. The van der Waals surface area contributed by atoms with E-state index in [2.05, 4.69) is 0 Å². The summed E-state index contributed by atoms with van der Waals surface area (Å²) in [5.41, 5.74) is 1.43. The van der Waals surface area contributed by atoms with Crippen molar-refractivity contribution in [1.82, 2.24) is 4.90 Å². The van der Waals surface area contributed by atoms with Gasteiger partial charge in [0.2, 0.25) is 5.91 Å². The maximum Gasteiger partial charge on any atom is 0.338 e. The first-order valence-electron chi connectivity index (χ1n) is 5.52. The van der Waals surface area contributed by atoms with Crippen molar-refractivity contribution in [3.05, 3.63) is 35.4 Å². The maximum atomic E-state index is 11.5. The monoisotopic (exact) mass is 235 g/mol. The van der Waals surface area contributed by atoms with E-state index in [1.807, 2.05) is 6.07 Å². The predicted molar refractivity (Wildman–Crippen MR) is 64.5 cm³/mol. The number of rotatable bonds is 4. The van der Waals surface area contributed by atoms with Gasteiger partial charge in [0.25, 0.3) is 0 Å². The quantitative estimate of drug-likeness (QED) is 0.748. The summed E-state index contributed by atoms with van der Waals surface area (Å²) >= 11 is 0. The molecular formula is C13H17NO3. The lowest BCUT2D eigenvalue weighted by Gasteiger charge is -2.15. The molecule has 0 atom stereocenters. The first-order valence-corrected chi connectivity index (χ1v) is 5.52. The molecule has 1 amide bonds. The fourth-order valence-corrected chi connectivity index (χ4v) is 1.40. The normalized spacial score (nSPS) is 9.82. The molecule has 0 saturated heterocycles. The average Bonchev–Trinajstić information content (AvgIpc) is 2.29. The van der Waals surface area contributed by atoms with Crippen LogP contribution in [0.25, 0.3) is 0 Å². The van der Waals surface area contributed by atoms with Crippen LogP contribution in [0.2, 0.25) is 0 Å². The fourth-order valence-electron chi connectivity index (χ4n) is 1.40. The summed E-state index contributed by atoms with van der Waals surface area (Å²) in [5.74, 6) is -0.341. The lowest BCUT2D eigenvalue weighted by molar-refractivity contribution is -0.128. The molecular weight excluding hydrogens is 218 g/mol. The Morgan fingerprint density at radius 1 is 1.35 bits per heavy atom. The van der Waals surface area contributed by atoms with Crippen LogP contribution in [-0.2, 0) is 16.1 Å². The number of carbonyl (C=O) groups excluding carboxylic acids is 2. The molecule has 1 aromatic rings. The topological polar surface area (TPSA) is 46.6 Å². The van der Waals surface area contributed by atoms with Crippen molar-refractivity contribution in [2.24, 2.45) is 0 Å². The molecule has 0 unspecified atom stereocenters. The molecule has 0 spiro atoms. The Bertz CT molecular complexity index is 415. The van der Waals surface area contributed by atoms with E-state index in [-0.39, 0.29) is 11.9 Å². The highest BCUT2D eigenvalue weighted by molar-refractivity contribution is 5.89. The zero-order valence-electron chi connectivity index (χ0n) is 10.4. The summed E-state index contributed by atoms with van der Waals surface area (Å²) in [6, 6.07) is 7.12. The summed E-state index contributed by atoms with van der Waals surface area (Å²) in [6.07, 6.45) is 0. The average molecular weight is 235 g/mol. The van der Waals surface area contributed by atoms with Gasteiger partial charge in [-0.15, -0.1) is 0 Å². The SMILES string of the molecule is CCOC(=O)c1cccc(CN(C)C(C)=O)c1. The first kappa shape index (κ1) is 13.2. The van der Waals surface area contributed by atoms with Crippen molar-refractivity contribution in [2.45, 2.75) is 20.4 Å². The molecule has 1 rings (SSSR count). The van der Waals surface area contributed by atoms with Gasteiger partial charge in [-0.2, -0.15) is 0 Å². The van der Waals surface area contributed by atoms with Crippen LogP contribution in [0.15, 0.2) is 24.3 Å². The Labute approximate surface area is 101 Å². The van der Waals surface area contributed by atoms with Crippen LogP contribution in [-0.4, -0.2) is 30.4 Å². The molecule has 92 valence electrons. The lowest BCUT2D eigenvalue weighted by Crippen LogP contribution is -2.23. The maximum absolute atomic E-state index is 11.5. The number of esters is 1. The molecule has 0 aliphatic carbocycles. The van der Waals surface area contributed by atoms with Crippen LogP contribution in [0.1, 0.15) is 29.8 Å². The van der Waals surface area contributed by atoms with Crippen molar-refractivity contribution >= 4 is 11.9 Å². The van der Waals surface area contributed by atoms with Gasteiger partial charge in [0, 0.05) is 20.5 Å². The number of nitrogens with zero attached hydrogens (tertiary/aromatic N) is 1. The molecule has 0 N–H and O–H groups in total. The molecule has 4 heteroatoms. The second-order valence-electron chi connectivity index (χ2n) is 3.80. The third-order valence-corrected chi connectivity index (χ3v) is 2.40. The molecule has 17 heavy (non-hydrogen) atoms. The van der Waals surface area contributed by atoms with Gasteiger partial charge in [0.05, 0.1) is 12.2 Å². The number of ether oxygens (including phenoxy) is 1. The Morgan fingerprint density at radius 3 is 2.65 bits per heavy atom. The number of benzene rings is 1. The van der Waals surface area contributed by atoms with Gasteiger partial charge in [0.15, 0.2) is 0 Å². The second-order valence-corrected chi connectivity index (χ2v) is 3.80. The second kappa shape index (κ2) is 6.03. The molecule has 1 aromatic carbocycles. The van der Waals surface area contributed by atoms with Gasteiger partial charge in [-0.1, -0.05) is 12.1 Å². The van der Waals surface area contributed by atoms with Gasteiger partial charge in [-0.25, -0.2) is 4.79 Å². The molecule has 0 aliphatic rings. The summed E-state index contributed by atoms with van der Waals surface area (Å²) < 4.78 is 4.92. The number of hydrogen-bond acceptors (Lipinski definition) is 3. The highest BCUT2D eigenvalue weighted by Crippen LogP contribution is 2.09. The van der Waals surface area contributed by atoms with Gasteiger partial charge in [-0.3, -0.25) is 4.79 Å². The zero-order chi connectivity index (χ0) is 12.8.